The fraction of sp³-hybridized carbons (Fsp3) is 0.133. The van der Waals surface area contributed by atoms with E-state index in [0.29, 0.717) is 5.02 Å². The first-order valence-electron chi connectivity index (χ1n) is 6.27. The number of halogens is 3. The fourth-order valence-electron chi connectivity index (χ4n) is 2.49. The highest BCUT2D eigenvalue weighted by Crippen LogP contribution is 2.38. The van der Waals surface area contributed by atoms with Crippen molar-refractivity contribution in [3.05, 3.63) is 64.2 Å². The van der Waals surface area contributed by atoms with E-state index in [2.05, 4.69) is 0 Å². The maximum absolute atomic E-state index is 13.8. The molecule has 108 valence electrons. The normalized spacial score (nSPS) is 17.2. The highest BCUT2D eigenvalue weighted by Gasteiger charge is 2.37. The van der Waals surface area contributed by atoms with Crippen LogP contribution >= 0.6 is 11.6 Å². The quantitative estimate of drug-likeness (QED) is 0.926. The van der Waals surface area contributed by atoms with Gasteiger partial charge in [0.05, 0.1) is 12.2 Å². The van der Waals surface area contributed by atoms with Gasteiger partial charge in [0.2, 0.25) is 5.91 Å². The van der Waals surface area contributed by atoms with Gasteiger partial charge >= 0.3 is 0 Å². The number of hydrogen-bond donors (Lipinski definition) is 1. The minimum absolute atomic E-state index is 0.0310. The Balaban J connectivity index is 2.03. The molecule has 1 amide bonds. The van der Waals surface area contributed by atoms with E-state index in [4.69, 9.17) is 17.3 Å². The molecule has 3 rings (SSSR count). The fourth-order valence-corrected chi connectivity index (χ4v) is 2.71. The SMILES string of the molecule is NC1C(=O)N(Cc2cccc(Cl)c2)c2cc(F)cc(F)c21. The van der Waals surface area contributed by atoms with Gasteiger partial charge in [-0.3, -0.25) is 4.79 Å². The summed E-state index contributed by atoms with van der Waals surface area (Å²) < 4.78 is 27.2. The van der Waals surface area contributed by atoms with Crippen LogP contribution in [0.25, 0.3) is 0 Å². The third-order valence-electron chi connectivity index (χ3n) is 3.44. The average Bonchev–Trinajstić information content (AvgIpc) is 2.64. The van der Waals surface area contributed by atoms with Crippen molar-refractivity contribution >= 4 is 23.2 Å². The van der Waals surface area contributed by atoms with Crippen LogP contribution < -0.4 is 10.6 Å². The number of nitrogens with zero attached hydrogens (tertiary/aromatic N) is 1. The third kappa shape index (κ3) is 2.39. The molecule has 2 N–H and O–H groups in total. The number of fused-ring (bicyclic) bond motifs is 1. The van der Waals surface area contributed by atoms with Crippen LogP contribution in [-0.4, -0.2) is 5.91 Å². The van der Waals surface area contributed by atoms with Crippen molar-refractivity contribution < 1.29 is 13.6 Å². The zero-order chi connectivity index (χ0) is 15.1. The number of nitrogens with two attached hydrogens (primary N) is 1. The van der Waals surface area contributed by atoms with E-state index in [1.165, 1.54) is 4.90 Å². The molecule has 3 nitrogen and oxygen atoms in total. The second-order valence-electron chi connectivity index (χ2n) is 4.85. The molecular formula is C15H11ClF2N2O. The maximum Gasteiger partial charge on any atom is 0.249 e. The lowest BCUT2D eigenvalue weighted by atomic mass is 10.1. The molecule has 0 aromatic heterocycles. The summed E-state index contributed by atoms with van der Waals surface area (Å²) in [7, 11) is 0. The van der Waals surface area contributed by atoms with Gasteiger partial charge in [0.15, 0.2) is 0 Å². The molecule has 1 atom stereocenters. The third-order valence-corrected chi connectivity index (χ3v) is 3.67. The van der Waals surface area contributed by atoms with E-state index >= 15 is 0 Å². The summed E-state index contributed by atoms with van der Waals surface area (Å²) in [6, 6.07) is 7.65. The number of benzene rings is 2. The van der Waals surface area contributed by atoms with Crippen LogP contribution in [0.1, 0.15) is 17.2 Å². The summed E-state index contributed by atoms with van der Waals surface area (Å²) in [6.45, 7) is 0.156. The van der Waals surface area contributed by atoms with Crippen molar-refractivity contribution in [3.8, 4) is 0 Å². The lowest BCUT2D eigenvalue weighted by Gasteiger charge is -2.18. The number of anilines is 1. The highest BCUT2D eigenvalue weighted by molar-refractivity contribution is 6.30. The van der Waals surface area contributed by atoms with Gasteiger partial charge < -0.3 is 10.6 Å². The Morgan fingerprint density at radius 1 is 1.24 bits per heavy atom. The van der Waals surface area contributed by atoms with Gasteiger partial charge in [0, 0.05) is 16.7 Å². The van der Waals surface area contributed by atoms with Crippen LogP contribution in [-0.2, 0) is 11.3 Å². The number of amides is 1. The summed E-state index contributed by atoms with van der Waals surface area (Å²) in [5.41, 5.74) is 6.69. The van der Waals surface area contributed by atoms with E-state index in [0.717, 1.165) is 17.7 Å². The van der Waals surface area contributed by atoms with Crippen molar-refractivity contribution in [1.29, 1.82) is 0 Å². The number of carbonyl (C=O) groups excluding carboxylic acids is 1. The minimum atomic E-state index is -1.11. The highest BCUT2D eigenvalue weighted by atomic mass is 35.5. The van der Waals surface area contributed by atoms with Crippen LogP contribution in [0.5, 0.6) is 0 Å². The van der Waals surface area contributed by atoms with Crippen LogP contribution in [0.3, 0.4) is 0 Å². The molecule has 1 aliphatic heterocycles. The first kappa shape index (κ1) is 14.0. The van der Waals surface area contributed by atoms with Crippen LogP contribution in [0.4, 0.5) is 14.5 Å². The molecule has 6 heteroatoms. The number of hydrogen-bond acceptors (Lipinski definition) is 2. The monoisotopic (exact) mass is 308 g/mol. The Morgan fingerprint density at radius 3 is 2.71 bits per heavy atom. The Hall–Kier alpha value is -1.98. The van der Waals surface area contributed by atoms with E-state index in [9.17, 15) is 13.6 Å². The molecule has 2 aromatic carbocycles. The van der Waals surface area contributed by atoms with Gasteiger partial charge in [-0.2, -0.15) is 0 Å². The zero-order valence-corrected chi connectivity index (χ0v) is 11.6. The van der Waals surface area contributed by atoms with Crippen LogP contribution in [0, 0.1) is 11.6 Å². The molecule has 0 saturated carbocycles. The zero-order valence-electron chi connectivity index (χ0n) is 10.8. The molecule has 0 fully saturated rings. The molecular weight excluding hydrogens is 298 g/mol. The van der Waals surface area contributed by atoms with Crippen molar-refractivity contribution in [2.24, 2.45) is 5.73 Å². The number of rotatable bonds is 2. The second kappa shape index (κ2) is 5.09. The van der Waals surface area contributed by atoms with Gasteiger partial charge in [0.25, 0.3) is 0 Å². The van der Waals surface area contributed by atoms with E-state index < -0.39 is 23.6 Å². The van der Waals surface area contributed by atoms with Crippen LogP contribution in [0.15, 0.2) is 36.4 Å². The van der Waals surface area contributed by atoms with Gasteiger partial charge in [0.1, 0.15) is 17.7 Å². The van der Waals surface area contributed by atoms with Gasteiger partial charge in [-0.15, -0.1) is 0 Å². The molecule has 0 saturated heterocycles. The number of carbonyl (C=O) groups is 1. The van der Waals surface area contributed by atoms with Crippen molar-refractivity contribution in [3.63, 3.8) is 0 Å². The predicted octanol–water partition coefficient (Wildman–Crippen LogP) is 3.16. The van der Waals surface area contributed by atoms with Gasteiger partial charge in [-0.1, -0.05) is 23.7 Å². The molecule has 2 aromatic rings. The summed E-state index contributed by atoms with van der Waals surface area (Å²) in [5, 5.41) is 0.522. The Morgan fingerprint density at radius 2 is 2.00 bits per heavy atom. The molecule has 21 heavy (non-hydrogen) atoms. The van der Waals surface area contributed by atoms with Gasteiger partial charge in [-0.05, 0) is 23.8 Å². The van der Waals surface area contributed by atoms with Gasteiger partial charge in [-0.25, -0.2) is 8.78 Å². The average molecular weight is 309 g/mol. The minimum Gasteiger partial charge on any atom is -0.316 e. The second-order valence-corrected chi connectivity index (χ2v) is 5.29. The molecule has 0 radical (unpaired) electrons. The molecule has 0 spiro atoms. The maximum atomic E-state index is 13.8. The van der Waals surface area contributed by atoms with E-state index in [1.807, 2.05) is 0 Å². The Kier molecular flexibility index (Phi) is 3.39. The summed E-state index contributed by atoms with van der Waals surface area (Å²) in [4.78, 5) is 13.5. The topological polar surface area (TPSA) is 46.3 Å². The first-order valence-corrected chi connectivity index (χ1v) is 6.65. The molecule has 1 unspecified atom stereocenters. The predicted molar refractivity (Wildman–Crippen MR) is 75.9 cm³/mol. The van der Waals surface area contributed by atoms with Crippen LogP contribution in [0.2, 0.25) is 5.02 Å². The van der Waals surface area contributed by atoms with E-state index in [1.54, 1.807) is 24.3 Å². The molecule has 0 aliphatic carbocycles. The molecule has 0 bridgehead atoms. The first-order chi connectivity index (χ1) is 9.97. The van der Waals surface area contributed by atoms with Crippen molar-refractivity contribution in [2.45, 2.75) is 12.6 Å². The summed E-state index contributed by atoms with van der Waals surface area (Å²) in [6.07, 6.45) is 0. The Bertz CT molecular complexity index is 736. The molecule has 1 heterocycles. The largest absolute Gasteiger partial charge is 0.316 e. The lowest BCUT2D eigenvalue weighted by Crippen LogP contribution is -2.31. The smallest absolute Gasteiger partial charge is 0.249 e. The van der Waals surface area contributed by atoms with Crippen molar-refractivity contribution in [2.75, 3.05) is 4.90 Å². The van der Waals surface area contributed by atoms with Crippen molar-refractivity contribution in [1.82, 2.24) is 0 Å². The summed E-state index contributed by atoms with van der Waals surface area (Å²) >= 11 is 5.90. The standard InChI is InChI=1S/C15H11ClF2N2O/c16-9-3-1-2-8(4-9)7-20-12-6-10(17)5-11(18)13(12)14(19)15(20)21/h1-6,14H,7,19H2. The lowest BCUT2D eigenvalue weighted by molar-refractivity contribution is -0.119. The van der Waals surface area contributed by atoms with E-state index in [-0.39, 0.29) is 17.8 Å². The molecule has 1 aliphatic rings. The summed E-state index contributed by atoms with van der Waals surface area (Å²) in [5.74, 6) is -2.02. The Labute approximate surface area is 124 Å².